The van der Waals surface area contributed by atoms with E-state index in [1.807, 2.05) is 0 Å². The van der Waals surface area contributed by atoms with E-state index in [0.717, 1.165) is 12.1 Å². The van der Waals surface area contributed by atoms with Crippen LogP contribution in [0.3, 0.4) is 0 Å². The third kappa shape index (κ3) is 4.25. The first-order valence-electron chi connectivity index (χ1n) is 9.17. The number of rotatable bonds is 7. The van der Waals surface area contributed by atoms with Crippen molar-refractivity contribution in [3.05, 3.63) is 59.4 Å². The molecule has 1 aliphatic heterocycles. The maximum absolute atomic E-state index is 14.1. The highest BCUT2D eigenvalue weighted by Gasteiger charge is 2.49. The highest BCUT2D eigenvalue weighted by Crippen LogP contribution is 2.28. The Hall–Kier alpha value is -3.93. The van der Waals surface area contributed by atoms with E-state index in [1.54, 1.807) is 0 Å². The van der Waals surface area contributed by atoms with E-state index in [2.05, 4.69) is 25.7 Å². The third-order valence-electron chi connectivity index (χ3n) is 4.73. The normalized spacial score (nSPS) is 17.6. The van der Waals surface area contributed by atoms with Crippen LogP contribution in [-0.2, 0) is 15.1 Å². The molecule has 0 aromatic heterocycles. The number of ether oxygens (including phenoxy) is 1. The van der Waals surface area contributed by atoms with Gasteiger partial charge in [0.15, 0.2) is 5.54 Å². The highest BCUT2D eigenvalue weighted by molar-refractivity contribution is 6.47. The minimum Gasteiger partial charge on any atom is -0.435 e. The van der Waals surface area contributed by atoms with Gasteiger partial charge in [0.25, 0.3) is 11.8 Å². The molecule has 3 rings (SSSR count). The standard InChI is InChI=1S/C20H18F3N5O4/c1-25-17(30)15-20(18(24)31,27-9-26-15)10-2-4-11(5-3-10)28-16(29)13-7-6-12(8-14(13)21)32-19(22)23/h2-8,19,27H,9H2,1H3,(H2,24,31)(H,25,30)(H,28,29). The number of nitrogens with one attached hydrogen (secondary N) is 3. The zero-order valence-electron chi connectivity index (χ0n) is 16.6. The van der Waals surface area contributed by atoms with Crippen LogP contribution < -0.4 is 26.4 Å². The van der Waals surface area contributed by atoms with E-state index in [0.29, 0.717) is 11.6 Å². The first kappa shape index (κ1) is 22.7. The molecule has 0 saturated carbocycles. The van der Waals surface area contributed by atoms with Gasteiger partial charge in [0.1, 0.15) is 17.3 Å². The first-order chi connectivity index (χ1) is 15.2. The molecule has 5 N–H and O–H groups in total. The van der Waals surface area contributed by atoms with Gasteiger partial charge in [-0.1, -0.05) is 12.1 Å². The van der Waals surface area contributed by atoms with Crippen LogP contribution in [0.1, 0.15) is 15.9 Å². The lowest BCUT2D eigenvalue weighted by atomic mass is 9.84. The summed E-state index contributed by atoms with van der Waals surface area (Å²) in [6.07, 6.45) is 0. The molecule has 2 aromatic rings. The lowest BCUT2D eigenvalue weighted by Gasteiger charge is -2.27. The van der Waals surface area contributed by atoms with Crippen molar-refractivity contribution >= 4 is 29.1 Å². The van der Waals surface area contributed by atoms with Crippen molar-refractivity contribution in [2.75, 3.05) is 19.0 Å². The number of alkyl halides is 2. The summed E-state index contributed by atoms with van der Waals surface area (Å²) in [5, 5.41) is 7.67. The maximum atomic E-state index is 14.1. The number of hydrogen-bond acceptors (Lipinski definition) is 6. The van der Waals surface area contributed by atoms with Crippen molar-refractivity contribution in [2.24, 2.45) is 10.7 Å². The zero-order chi connectivity index (χ0) is 23.5. The number of nitrogens with zero attached hydrogens (tertiary/aromatic N) is 1. The van der Waals surface area contributed by atoms with Gasteiger partial charge in [0.05, 0.1) is 12.2 Å². The van der Waals surface area contributed by atoms with Crippen LogP contribution in [0.2, 0.25) is 0 Å². The Morgan fingerprint density at radius 2 is 1.84 bits per heavy atom. The fourth-order valence-electron chi connectivity index (χ4n) is 3.24. The molecule has 3 amide bonds. The number of hydrogen-bond donors (Lipinski definition) is 4. The van der Waals surface area contributed by atoms with Gasteiger partial charge in [0.2, 0.25) is 5.91 Å². The van der Waals surface area contributed by atoms with E-state index >= 15 is 0 Å². The highest BCUT2D eigenvalue weighted by atomic mass is 19.3. The van der Waals surface area contributed by atoms with Gasteiger partial charge < -0.3 is 21.1 Å². The monoisotopic (exact) mass is 449 g/mol. The second-order valence-electron chi connectivity index (χ2n) is 6.59. The molecule has 2 aromatic carbocycles. The molecule has 0 radical (unpaired) electrons. The van der Waals surface area contributed by atoms with Crippen LogP contribution in [0.15, 0.2) is 47.5 Å². The number of carbonyl (C=O) groups excluding carboxylic acids is 3. The summed E-state index contributed by atoms with van der Waals surface area (Å²) in [7, 11) is 1.39. The van der Waals surface area contributed by atoms with Crippen molar-refractivity contribution in [2.45, 2.75) is 12.2 Å². The number of carbonyl (C=O) groups is 3. The van der Waals surface area contributed by atoms with Crippen LogP contribution in [-0.4, -0.2) is 43.8 Å². The van der Waals surface area contributed by atoms with E-state index in [1.165, 1.54) is 31.3 Å². The fraction of sp³-hybridized carbons (Fsp3) is 0.200. The topological polar surface area (TPSA) is 135 Å². The average molecular weight is 449 g/mol. The number of aliphatic imine (C=N–C) groups is 1. The lowest BCUT2D eigenvalue weighted by Crippen LogP contribution is -2.58. The maximum Gasteiger partial charge on any atom is 0.387 e. The molecule has 0 saturated heterocycles. The summed E-state index contributed by atoms with van der Waals surface area (Å²) in [6, 6.07) is 8.46. The van der Waals surface area contributed by atoms with E-state index in [4.69, 9.17) is 5.73 Å². The molecule has 1 heterocycles. The largest absolute Gasteiger partial charge is 0.435 e. The van der Waals surface area contributed by atoms with Crippen LogP contribution in [0.5, 0.6) is 5.75 Å². The molecule has 168 valence electrons. The number of anilines is 1. The summed E-state index contributed by atoms with van der Waals surface area (Å²) in [5.41, 5.74) is 3.97. The van der Waals surface area contributed by atoms with Crippen LogP contribution in [0, 0.1) is 5.82 Å². The molecule has 32 heavy (non-hydrogen) atoms. The SMILES string of the molecule is CNC(=O)C1=NCNC1(C(N)=O)c1ccc(NC(=O)c2ccc(OC(F)F)cc2F)cc1. The Labute approximate surface area is 179 Å². The fourth-order valence-corrected chi connectivity index (χ4v) is 3.24. The van der Waals surface area contributed by atoms with E-state index < -0.39 is 47.0 Å². The molecular weight excluding hydrogens is 431 g/mol. The average Bonchev–Trinajstić information content (AvgIpc) is 3.19. The van der Waals surface area contributed by atoms with Gasteiger partial charge in [-0.25, -0.2) is 4.39 Å². The molecule has 0 bridgehead atoms. The van der Waals surface area contributed by atoms with Crippen LogP contribution in [0.25, 0.3) is 0 Å². The van der Waals surface area contributed by atoms with Gasteiger partial charge >= 0.3 is 6.61 Å². The number of benzene rings is 2. The van der Waals surface area contributed by atoms with Gasteiger partial charge in [-0.05, 0) is 29.8 Å². The van der Waals surface area contributed by atoms with Gasteiger partial charge in [-0.3, -0.25) is 24.7 Å². The van der Waals surface area contributed by atoms with Crippen molar-refractivity contribution in [1.82, 2.24) is 10.6 Å². The Morgan fingerprint density at radius 1 is 1.16 bits per heavy atom. The van der Waals surface area contributed by atoms with Crippen molar-refractivity contribution < 1.29 is 32.3 Å². The second-order valence-corrected chi connectivity index (χ2v) is 6.59. The Morgan fingerprint density at radius 3 is 2.41 bits per heavy atom. The Bertz CT molecular complexity index is 1090. The van der Waals surface area contributed by atoms with Gasteiger partial charge in [-0.15, -0.1) is 0 Å². The predicted octanol–water partition coefficient (Wildman–Crippen LogP) is 1.11. The van der Waals surface area contributed by atoms with Crippen molar-refractivity contribution in [3.8, 4) is 5.75 Å². The number of halogens is 3. The summed E-state index contributed by atoms with van der Waals surface area (Å²) < 4.78 is 42.6. The molecule has 9 nitrogen and oxygen atoms in total. The molecule has 12 heteroatoms. The third-order valence-corrected chi connectivity index (χ3v) is 4.73. The molecule has 0 aliphatic carbocycles. The number of amides is 3. The van der Waals surface area contributed by atoms with E-state index in [9.17, 15) is 27.6 Å². The van der Waals surface area contributed by atoms with Gasteiger partial charge in [0, 0.05) is 18.8 Å². The molecule has 0 fully saturated rings. The lowest BCUT2D eigenvalue weighted by molar-refractivity contribution is -0.123. The minimum atomic E-state index is -3.13. The zero-order valence-corrected chi connectivity index (χ0v) is 16.6. The molecule has 1 unspecified atom stereocenters. The molecule has 1 atom stereocenters. The number of primary amides is 1. The summed E-state index contributed by atoms with van der Waals surface area (Å²) in [6.45, 7) is -3.13. The Balaban J connectivity index is 1.81. The second kappa shape index (κ2) is 9.06. The molecular formula is C20H18F3N5O4. The quantitative estimate of drug-likeness (QED) is 0.502. The van der Waals surface area contributed by atoms with Gasteiger partial charge in [-0.2, -0.15) is 8.78 Å². The summed E-state index contributed by atoms with van der Waals surface area (Å²) in [4.78, 5) is 40.8. The van der Waals surface area contributed by atoms with Crippen molar-refractivity contribution in [1.29, 1.82) is 0 Å². The van der Waals surface area contributed by atoms with Crippen LogP contribution >= 0.6 is 0 Å². The molecule has 0 spiro atoms. The summed E-state index contributed by atoms with van der Waals surface area (Å²) >= 11 is 0. The number of nitrogens with two attached hydrogens (primary N) is 1. The smallest absolute Gasteiger partial charge is 0.387 e. The Kier molecular flexibility index (Phi) is 6.44. The van der Waals surface area contributed by atoms with E-state index in [-0.39, 0.29) is 18.1 Å². The minimum absolute atomic E-state index is 0.00523. The predicted molar refractivity (Wildman–Crippen MR) is 108 cm³/mol. The van der Waals surface area contributed by atoms with Crippen molar-refractivity contribution in [3.63, 3.8) is 0 Å². The van der Waals surface area contributed by atoms with Crippen LogP contribution in [0.4, 0.5) is 18.9 Å². The molecule has 1 aliphatic rings. The summed E-state index contributed by atoms with van der Waals surface area (Å²) in [5.74, 6) is -3.74. The first-order valence-corrected chi connectivity index (χ1v) is 9.17.